The molecule has 1 aliphatic heterocycles. The smallest absolute Gasteiger partial charge is 0.0594 e. The minimum atomic E-state index is 0.882. The van der Waals surface area contributed by atoms with Gasteiger partial charge in [0.15, 0.2) is 0 Å². The van der Waals surface area contributed by atoms with E-state index in [2.05, 4.69) is 53.2 Å². The van der Waals surface area contributed by atoms with E-state index in [1.165, 1.54) is 11.3 Å². The van der Waals surface area contributed by atoms with Crippen molar-refractivity contribution in [2.75, 3.05) is 57.4 Å². The van der Waals surface area contributed by atoms with Crippen LogP contribution in [-0.4, -0.2) is 57.4 Å². The fraction of sp³-hybridized carbons (Fsp3) is 0.647. The molecular weight excluding hydrogens is 262 g/mol. The number of morpholine rings is 1. The molecule has 118 valence electrons. The second-order valence-electron chi connectivity index (χ2n) is 5.47. The molecule has 4 heteroatoms. The molecule has 2 rings (SSSR count). The van der Waals surface area contributed by atoms with Crippen LogP contribution in [0.25, 0.3) is 0 Å². The van der Waals surface area contributed by atoms with Crippen LogP contribution in [0.1, 0.15) is 19.4 Å². The maximum absolute atomic E-state index is 5.36. The van der Waals surface area contributed by atoms with E-state index in [0.29, 0.717) is 0 Å². The van der Waals surface area contributed by atoms with Crippen LogP contribution in [0.3, 0.4) is 0 Å². The average Bonchev–Trinajstić information content (AvgIpc) is 2.55. The Balaban J connectivity index is 1.68. The normalized spacial score (nSPS) is 16.1. The molecule has 0 radical (unpaired) electrons. The standard InChI is InChI=1S/C17H29N3O/c1-3-20(4-2)17-7-5-16(6-8-17)15-18-9-10-19-11-13-21-14-12-19/h5-8,18H,3-4,9-15H2,1-2H3. The highest BCUT2D eigenvalue weighted by Crippen LogP contribution is 2.14. The van der Waals surface area contributed by atoms with Crippen molar-refractivity contribution in [2.24, 2.45) is 0 Å². The summed E-state index contributed by atoms with van der Waals surface area (Å²) in [6, 6.07) is 8.92. The van der Waals surface area contributed by atoms with Gasteiger partial charge in [-0.05, 0) is 31.5 Å². The van der Waals surface area contributed by atoms with Gasteiger partial charge in [0.25, 0.3) is 0 Å². The molecule has 0 unspecified atom stereocenters. The van der Waals surface area contributed by atoms with Gasteiger partial charge in [-0.1, -0.05) is 12.1 Å². The Morgan fingerprint density at radius 3 is 2.38 bits per heavy atom. The number of ether oxygens (including phenoxy) is 1. The summed E-state index contributed by atoms with van der Waals surface area (Å²) in [6.45, 7) is 13.5. The Kier molecular flexibility index (Phi) is 7.00. The molecule has 0 aromatic heterocycles. The van der Waals surface area contributed by atoms with Crippen LogP contribution in [0, 0.1) is 0 Å². The molecule has 0 saturated carbocycles. The second kappa shape index (κ2) is 9.03. The molecular formula is C17H29N3O. The fourth-order valence-electron chi connectivity index (χ4n) is 2.71. The summed E-state index contributed by atoms with van der Waals surface area (Å²) >= 11 is 0. The summed E-state index contributed by atoms with van der Waals surface area (Å²) < 4.78 is 5.36. The molecule has 1 aliphatic rings. The van der Waals surface area contributed by atoms with Gasteiger partial charge in [-0.15, -0.1) is 0 Å². The first-order valence-corrected chi connectivity index (χ1v) is 8.18. The minimum absolute atomic E-state index is 0.882. The van der Waals surface area contributed by atoms with Crippen molar-refractivity contribution in [3.63, 3.8) is 0 Å². The van der Waals surface area contributed by atoms with Gasteiger partial charge in [-0.3, -0.25) is 4.90 Å². The average molecular weight is 291 g/mol. The summed E-state index contributed by atoms with van der Waals surface area (Å²) in [6.07, 6.45) is 0. The van der Waals surface area contributed by atoms with Crippen LogP contribution in [0.15, 0.2) is 24.3 Å². The Bertz CT molecular complexity index is 384. The first-order valence-electron chi connectivity index (χ1n) is 8.18. The van der Waals surface area contributed by atoms with Gasteiger partial charge in [0.1, 0.15) is 0 Å². The quantitative estimate of drug-likeness (QED) is 0.741. The lowest BCUT2D eigenvalue weighted by Crippen LogP contribution is -2.40. The lowest BCUT2D eigenvalue weighted by molar-refractivity contribution is 0.0384. The molecule has 0 aliphatic carbocycles. The Labute approximate surface area is 129 Å². The molecule has 0 atom stereocenters. The molecule has 21 heavy (non-hydrogen) atoms. The van der Waals surface area contributed by atoms with E-state index < -0.39 is 0 Å². The van der Waals surface area contributed by atoms with E-state index in [0.717, 1.165) is 59.0 Å². The van der Waals surface area contributed by atoms with Crippen LogP contribution < -0.4 is 10.2 Å². The molecule has 1 aromatic carbocycles. The molecule has 1 aromatic rings. The Morgan fingerprint density at radius 1 is 1.10 bits per heavy atom. The molecule has 1 heterocycles. The maximum atomic E-state index is 5.36. The highest BCUT2D eigenvalue weighted by atomic mass is 16.5. The van der Waals surface area contributed by atoms with Gasteiger partial charge in [0.2, 0.25) is 0 Å². The highest BCUT2D eigenvalue weighted by Gasteiger charge is 2.08. The van der Waals surface area contributed by atoms with Crippen LogP contribution >= 0.6 is 0 Å². The third kappa shape index (κ3) is 5.30. The van der Waals surface area contributed by atoms with Crippen molar-refractivity contribution in [1.82, 2.24) is 10.2 Å². The zero-order chi connectivity index (χ0) is 14.9. The van der Waals surface area contributed by atoms with E-state index in [1.54, 1.807) is 0 Å². The summed E-state index contributed by atoms with van der Waals surface area (Å²) in [4.78, 5) is 4.83. The Hall–Kier alpha value is -1.10. The zero-order valence-electron chi connectivity index (χ0n) is 13.5. The zero-order valence-corrected chi connectivity index (χ0v) is 13.5. The maximum Gasteiger partial charge on any atom is 0.0594 e. The van der Waals surface area contributed by atoms with Crippen LogP contribution in [0.5, 0.6) is 0 Å². The topological polar surface area (TPSA) is 27.7 Å². The van der Waals surface area contributed by atoms with Gasteiger partial charge in [-0.2, -0.15) is 0 Å². The van der Waals surface area contributed by atoms with E-state index in [1.807, 2.05) is 0 Å². The molecule has 1 saturated heterocycles. The number of benzene rings is 1. The van der Waals surface area contributed by atoms with E-state index in [-0.39, 0.29) is 0 Å². The van der Waals surface area contributed by atoms with Crippen molar-refractivity contribution >= 4 is 5.69 Å². The van der Waals surface area contributed by atoms with Crippen LogP contribution in [-0.2, 0) is 11.3 Å². The molecule has 0 amide bonds. The predicted octanol–water partition coefficient (Wildman–Crippen LogP) is 1.95. The summed E-state index contributed by atoms with van der Waals surface area (Å²) in [5, 5.41) is 3.53. The highest BCUT2D eigenvalue weighted by molar-refractivity contribution is 5.47. The van der Waals surface area contributed by atoms with Crippen LogP contribution in [0.2, 0.25) is 0 Å². The number of rotatable bonds is 8. The monoisotopic (exact) mass is 291 g/mol. The van der Waals surface area contributed by atoms with E-state index in [4.69, 9.17) is 4.74 Å². The fourth-order valence-corrected chi connectivity index (χ4v) is 2.71. The van der Waals surface area contributed by atoms with Crippen molar-refractivity contribution in [3.8, 4) is 0 Å². The van der Waals surface area contributed by atoms with Gasteiger partial charge in [0, 0.05) is 51.5 Å². The SMILES string of the molecule is CCN(CC)c1ccc(CNCCN2CCOCC2)cc1. The third-order valence-electron chi connectivity index (χ3n) is 4.10. The molecule has 4 nitrogen and oxygen atoms in total. The van der Waals surface area contributed by atoms with Gasteiger partial charge >= 0.3 is 0 Å². The van der Waals surface area contributed by atoms with Crippen LogP contribution in [0.4, 0.5) is 5.69 Å². The lowest BCUT2D eigenvalue weighted by Gasteiger charge is -2.26. The van der Waals surface area contributed by atoms with E-state index in [9.17, 15) is 0 Å². The first kappa shape index (κ1) is 16.3. The largest absolute Gasteiger partial charge is 0.379 e. The summed E-state index contributed by atoms with van der Waals surface area (Å²) in [5.41, 5.74) is 2.67. The minimum Gasteiger partial charge on any atom is -0.379 e. The number of anilines is 1. The number of nitrogens with one attached hydrogen (secondary N) is 1. The predicted molar refractivity (Wildman–Crippen MR) is 89.0 cm³/mol. The molecule has 0 spiro atoms. The molecule has 1 N–H and O–H groups in total. The Morgan fingerprint density at radius 2 is 1.76 bits per heavy atom. The third-order valence-corrected chi connectivity index (χ3v) is 4.10. The molecule has 1 fully saturated rings. The number of hydrogen-bond acceptors (Lipinski definition) is 4. The number of nitrogens with zero attached hydrogens (tertiary/aromatic N) is 2. The van der Waals surface area contributed by atoms with E-state index >= 15 is 0 Å². The van der Waals surface area contributed by atoms with Crippen molar-refractivity contribution < 1.29 is 4.74 Å². The van der Waals surface area contributed by atoms with Gasteiger partial charge in [0.05, 0.1) is 13.2 Å². The number of hydrogen-bond donors (Lipinski definition) is 1. The van der Waals surface area contributed by atoms with Crippen molar-refractivity contribution in [3.05, 3.63) is 29.8 Å². The van der Waals surface area contributed by atoms with Gasteiger partial charge < -0.3 is 15.0 Å². The lowest BCUT2D eigenvalue weighted by atomic mass is 10.2. The van der Waals surface area contributed by atoms with Gasteiger partial charge in [-0.25, -0.2) is 0 Å². The summed E-state index contributed by atoms with van der Waals surface area (Å²) in [7, 11) is 0. The van der Waals surface area contributed by atoms with Crippen molar-refractivity contribution in [1.29, 1.82) is 0 Å². The summed E-state index contributed by atoms with van der Waals surface area (Å²) in [5.74, 6) is 0. The molecule has 0 bridgehead atoms. The first-order chi connectivity index (χ1) is 10.3. The van der Waals surface area contributed by atoms with Crippen molar-refractivity contribution in [2.45, 2.75) is 20.4 Å². The second-order valence-corrected chi connectivity index (χ2v) is 5.47.